The average Bonchev–Trinajstić information content (AvgIpc) is 3.43. The van der Waals surface area contributed by atoms with Gasteiger partial charge in [0.15, 0.2) is 11.3 Å². The summed E-state index contributed by atoms with van der Waals surface area (Å²) in [6.07, 6.45) is 0. The molecule has 0 unspecified atom stereocenters. The smallest absolute Gasteiger partial charge is 0.238 e. The van der Waals surface area contributed by atoms with Gasteiger partial charge in [-0.2, -0.15) is 0 Å². The number of methoxy groups -OCH3 is 2. The molecule has 0 saturated carbocycles. The fourth-order valence-electron chi connectivity index (χ4n) is 5.56. The molecule has 2 aromatic heterocycles. The number of rotatable bonds is 11. The summed E-state index contributed by atoms with van der Waals surface area (Å²) in [5.74, 6) is 0.444. The second-order valence-electron chi connectivity index (χ2n) is 10.5. The van der Waals surface area contributed by atoms with E-state index in [2.05, 4.69) is 22.3 Å². The van der Waals surface area contributed by atoms with E-state index in [0.29, 0.717) is 69.5 Å². The highest BCUT2D eigenvalue weighted by Gasteiger charge is 2.21. The van der Waals surface area contributed by atoms with Crippen molar-refractivity contribution in [2.45, 2.75) is 0 Å². The van der Waals surface area contributed by atoms with Gasteiger partial charge in [0.2, 0.25) is 5.91 Å². The first-order valence-electron chi connectivity index (χ1n) is 14.4. The minimum atomic E-state index is -0.108. The molecule has 224 valence electrons. The van der Waals surface area contributed by atoms with Gasteiger partial charge in [-0.1, -0.05) is 36.4 Å². The Hall–Kier alpha value is -3.80. The van der Waals surface area contributed by atoms with Crippen LogP contribution in [-0.2, 0) is 19.0 Å². The van der Waals surface area contributed by atoms with Crippen LogP contribution in [0.3, 0.4) is 0 Å². The Morgan fingerprint density at radius 1 is 0.953 bits per heavy atom. The van der Waals surface area contributed by atoms with Crippen molar-refractivity contribution in [3.8, 4) is 11.1 Å². The highest BCUT2D eigenvalue weighted by molar-refractivity contribution is 7.26. The Kier molecular flexibility index (Phi) is 9.01. The fraction of sp³-hybridized carbons (Fsp3) is 0.333. The van der Waals surface area contributed by atoms with Crippen LogP contribution >= 0.6 is 11.3 Å². The average molecular weight is 602 g/mol. The van der Waals surface area contributed by atoms with Gasteiger partial charge < -0.3 is 28.8 Å². The van der Waals surface area contributed by atoms with Crippen molar-refractivity contribution in [3.63, 3.8) is 0 Å². The lowest BCUT2D eigenvalue weighted by atomic mass is 9.99. The third-order valence-corrected chi connectivity index (χ3v) is 8.95. The maximum atomic E-state index is 13.3. The molecule has 0 aliphatic carbocycles. The predicted octanol–water partition coefficient (Wildman–Crippen LogP) is 5.20. The topological polar surface area (TPSA) is 93.5 Å². The number of fused-ring (bicyclic) bond motifs is 4. The highest BCUT2D eigenvalue weighted by atomic mass is 32.1. The normalized spacial score (nSPS) is 13.9. The van der Waals surface area contributed by atoms with Gasteiger partial charge in [0.1, 0.15) is 5.58 Å². The van der Waals surface area contributed by atoms with Crippen LogP contribution in [0, 0.1) is 0 Å². The first kappa shape index (κ1) is 29.3. The largest absolute Gasteiger partial charge is 0.440 e. The molecule has 0 radical (unpaired) electrons. The van der Waals surface area contributed by atoms with E-state index < -0.39 is 0 Å². The van der Waals surface area contributed by atoms with Gasteiger partial charge in [0.05, 0.1) is 44.0 Å². The van der Waals surface area contributed by atoms with Crippen LogP contribution in [0.15, 0.2) is 69.9 Å². The summed E-state index contributed by atoms with van der Waals surface area (Å²) in [4.78, 5) is 30.6. The lowest BCUT2D eigenvalue weighted by molar-refractivity contribution is -0.117. The molecule has 3 aromatic carbocycles. The van der Waals surface area contributed by atoms with Crippen LogP contribution < -0.4 is 15.6 Å². The molecule has 1 aliphatic heterocycles. The number of hydrogen-bond acceptors (Lipinski definition) is 9. The number of amides is 1. The van der Waals surface area contributed by atoms with Gasteiger partial charge in [0.25, 0.3) is 0 Å². The maximum absolute atomic E-state index is 13.3. The number of morpholine rings is 1. The molecule has 43 heavy (non-hydrogen) atoms. The molecule has 10 heteroatoms. The van der Waals surface area contributed by atoms with Crippen molar-refractivity contribution in [1.82, 2.24) is 4.90 Å². The van der Waals surface area contributed by atoms with E-state index in [0.717, 1.165) is 37.0 Å². The maximum Gasteiger partial charge on any atom is 0.238 e. The minimum Gasteiger partial charge on any atom is -0.440 e. The molecule has 1 aliphatic rings. The van der Waals surface area contributed by atoms with Crippen LogP contribution in [-0.4, -0.2) is 84.2 Å². The fourth-order valence-corrected chi connectivity index (χ4v) is 6.82. The molecule has 0 atom stereocenters. The summed E-state index contributed by atoms with van der Waals surface area (Å²) in [5, 5.41) is 5.74. The first-order chi connectivity index (χ1) is 21.1. The molecule has 3 heterocycles. The number of anilines is 2. The minimum absolute atomic E-state index is 0.0763. The van der Waals surface area contributed by atoms with Crippen LogP contribution in [0.1, 0.15) is 0 Å². The van der Waals surface area contributed by atoms with Crippen LogP contribution in [0.4, 0.5) is 11.6 Å². The van der Waals surface area contributed by atoms with Crippen molar-refractivity contribution >= 4 is 60.0 Å². The third-order valence-electron chi connectivity index (χ3n) is 7.75. The number of benzene rings is 3. The number of nitrogens with zero attached hydrogens (tertiary/aromatic N) is 2. The number of hydrogen-bond donors (Lipinski definition) is 1. The summed E-state index contributed by atoms with van der Waals surface area (Å²) in [7, 11) is 3.30. The zero-order valence-corrected chi connectivity index (χ0v) is 25.2. The molecule has 1 fully saturated rings. The zero-order valence-electron chi connectivity index (χ0n) is 24.4. The molecule has 1 saturated heterocycles. The van der Waals surface area contributed by atoms with E-state index in [1.54, 1.807) is 31.6 Å². The number of carbonyl (C=O) groups excluding carboxylic acids is 1. The molecule has 9 nitrogen and oxygen atoms in total. The highest BCUT2D eigenvalue weighted by Crippen LogP contribution is 2.45. The lowest BCUT2D eigenvalue weighted by Crippen LogP contribution is -2.37. The molecular weight excluding hydrogens is 566 g/mol. The molecule has 0 spiro atoms. The summed E-state index contributed by atoms with van der Waals surface area (Å²) < 4.78 is 24.6. The van der Waals surface area contributed by atoms with Gasteiger partial charge in [-0.05, 0) is 18.2 Å². The molecule has 6 rings (SSSR count). The van der Waals surface area contributed by atoms with Crippen LogP contribution in [0.25, 0.3) is 42.3 Å². The number of carbonyl (C=O) groups is 1. The quantitative estimate of drug-likeness (QED) is 0.221. The van der Waals surface area contributed by atoms with Gasteiger partial charge in [-0.15, -0.1) is 11.3 Å². The molecule has 0 bridgehead atoms. The SMILES string of the molecule is COCCN(CCOC)CC(=O)Nc1ccc(-c2cccc3c(=O)cc(N4CCOCC4)oc23)c2sc3ccccc3c12. The second kappa shape index (κ2) is 13.2. The predicted molar refractivity (Wildman–Crippen MR) is 173 cm³/mol. The number of nitrogens with one attached hydrogen (secondary N) is 1. The van der Waals surface area contributed by atoms with E-state index in [1.807, 2.05) is 47.4 Å². The number of ether oxygens (including phenoxy) is 3. The van der Waals surface area contributed by atoms with Crippen LogP contribution in [0.5, 0.6) is 0 Å². The van der Waals surface area contributed by atoms with E-state index in [9.17, 15) is 9.59 Å². The summed E-state index contributed by atoms with van der Waals surface area (Å²) in [5.41, 5.74) is 3.01. The third kappa shape index (κ3) is 6.15. The van der Waals surface area contributed by atoms with Gasteiger partial charge in [0, 0.05) is 77.8 Å². The van der Waals surface area contributed by atoms with Gasteiger partial charge >= 0.3 is 0 Å². The van der Waals surface area contributed by atoms with E-state index in [1.165, 1.54) is 0 Å². The van der Waals surface area contributed by atoms with E-state index in [4.69, 9.17) is 18.6 Å². The molecular formula is C33H35N3O6S. The molecule has 5 aromatic rings. The van der Waals surface area contributed by atoms with Crippen molar-refractivity contribution in [2.24, 2.45) is 0 Å². The molecule has 1 N–H and O–H groups in total. The summed E-state index contributed by atoms with van der Waals surface area (Å²) in [6, 6.07) is 19.4. The van der Waals surface area contributed by atoms with Gasteiger partial charge in [-0.25, -0.2) is 0 Å². The van der Waals surface area contributed by atoms with Crippen molar-refractivity contribution in [2.75, 3.05) is 83.6 Å². The second-order valence-corrected chi connectivity index (χ2v) is 11.6. The Bertz CT molecular complexity index is 1800. The first-order valence-corrected chi connectivity index (χ1v) is 15.2. The Labute approximate surface area is 253 Å². The van der Waals surface area contributed by atoms with E-state index >= 15 is 0 Å². The molecule has 1 amide bonds. The number of thiophene rings is 1. The summed E-state index contributed by atoms with van der Waals surface area (Å²) >= 11 is 1.66. The van der Waals surface area contributed by atoms with Crippen molar-refractivity contribution < 1.29 is 23.4 Å². The standard InChI is InChI=1S/C33H35N3O6S/c1-39-16-12-35(13-17-40-2)21-29(38)34-26-11-10-23(33-31(26)25-6-3-4-9-28(25)43-33)22-7-5-8-24-27(37)20-30(42-32(22)24)36-14-18-41-19-15-36/h3-11,20H,12-19,21H2,1-2H3,(H,34,38). The van der Waals surface area contributed by atoms with Crippen molar-refractivity contribution in [3.05, 3.63) is 70.9 Å². The Balaban J connectivity index is 1.43. The lowest BCUT2D eigenvalue weighted by Gasteiger charge is -2.27. The van der Waals surface area contributed by atoms with Crippen LogP contribution in [0.2, 0.25) is 0 Å². The Morgan fingerprint density at radius 2 is 1.70 bits per heavy atom. The Morgan fingerprint density at radius 3 is 2.47 bits per heavy atom. The van der Waals surface area contributed by atoms with Crippen molar-refractivity contribution in [1.29, 1.82) is 0 Å². The van der Waals surface area contributed by atoms with E-state index in [-0.39, 0.29) is 17.9 Å². The van der Waals surface area contributed by atoms with Gasteiger partial charge in [-0.3, -0.25) is 14.5 Å². The zero-order chi connectivity index (χ0) is 29.8. The monoisotopic (exact) mass is 601 g/mol. The number of para-hydroxylation sites is 1. The summed E-state index contributed by atoms with van der Waals surface area (Å²) in [6.45, 7) is 5.05.